The van der Waals surface area contributed by atoms with Crippen LogP contribution in [0.1, 0.15) is 22.8 Å². The summed E-state index contributed by atoms with van der Waals surface area (Å²) in [6.07, 6.45) is 0. The molecule has 3 heteroatoms. The Morgan fingerprint density at radius 2 is 1.71 bits per heavy atom. The molecule has 0 radical (unpaired) electrons. The fourth-order valence-corrected chi connectivity index (χ4v) is 2.26. The SMILES string of the molecule is CCOc1ccccc1C(=O)CN(C)Cc1ccccc1. The lowest BCUT2D eigenvalue weighted by Gasteiger charge is -2.17. The molecular formula is C18H21NO2. The molecule has 110 valence electrons. The average Bonchev–Trinajstić information content (AvgIpc) is 2.49. The van der Waals surface area contributed by atoms with Gasteiger partial charge in [0, 0.05) is 6.54 Å². The Labute approximate surface area is 126 Å². The van der Waals surface area contributed by atoms with Crippen LogP contribution < -0.4 is 4.74 Å². The standard InChI is InChI=1S/C18H21NO2/c1-3-21-18-12-8-7-11-16(18)17(20)14-19(2)13-15-9-5-4-6-10-15/h4-12H,3,13-14H2,1-2H3. The molecule has 0 aliphatic carbocycles. The van der Waals surface area contributed by atoms with E-state index in [4.69, 9.17) is 4.74 Å². The monoisotopic (exact) mass is 283 g/mol. The fraction of sp³-hybridized carbons (Fsp3) is 0.278. The van der Waals surface area contributed by atoms with Gasteiger partial charge in [-0.1, -0.05) is 42.5 Å². The molecule has 2 aromatic carbocycles. The van der Waals surface area contributed by atoms with Crippen LogP contribution in [0.3, 0.4) is 0 Å². The Hall–Kier alpha value is -2.13. The normalized spacial score (nSPS) is 10.6. The quantitative estimate of drug-likeness (QED) is 0.729. The molecule has 2 aromatic rings. The number of nitrogens with zero attached hydrogens (tertiary/aromatic N) is 1. The van der Waals surface area contributed by atoms with Gasteiger partial charge in [-0.3, -0.25) is 9.69 Å². The number of carbonyl (C=O) groups excluding carboxylic acids is 1. The molecule has 21 heavy (non-hydrogen) atoms. The number of para-hydroxylation sites is 1. The van der Waals surface area contributed by atoms with Crippen molar-refractivity contribution < 1.29 is 9.53 Å². The summed E-state index contributed by atoms with van der Waals surface area (Å²) in [6.45, 7) is 3.61. The molecule has 0 aliphatic rings. The number of hydrogen-bond acceptors (Lipinski definition) is 3. The first-order chi connectivity index (χ1) is 10.2. The summed E-state index contributed by atoms with van der Waals surface area (Å²) in [6, 6.07) is 17.6. The van der Waals surface area contributed by atoms with Gasteiger partial charge in [-0.05, 0) is 31.7 Å². The maximum absolute atomic E-state index is 12.4. The van der Waals surface area contributed by atoms with Crippen LogP contribution in [-0.4, -0.2) is 30.9 Å². The number of carbonyl (C=O) groups is 1. The van der Waals surface area contributed by atoms with Crippen molar-refractivity contribution in [3.05, 3.63) is 65.7 Å². The smallest absolute Gasteiger partial charge is 0.180 e. The van der Waals surface area contributed by atoms with Gasteiger partial charge in [-0.25, -0.2) is 0 Å². The largest absolute Gasteiger partial charge is 0.493 e. The molecule has 3 nitrogen and oxygen atoms in total. The second kappa shape index (κ2) is 7.60. The van der Waals surface area contributed by atoms with Crippen molar-refractivity contribution in [1.82, 2.24) is 4.90 Å². The highest BCUT2D eigenvalue weighted by Gasteiger charge is 2.14. The summed E-state index contributed by atoms with van der Waals surface area (Å²) >= 11 is 0. The number of ether oxygens (including phenoxy) is 1. The Morgan fingerprint density at radius 3 is 2.43 bits per heavy atom. The van der Waals surface area contributed by atoms with Gasteiger partial charge in [0.1, 0.15) is 5.75 Å². The van der Waals surface area contributed by atoms with Crippen LogP contribution in [0.4, 0.5) is 0 Å². The van der Waals surface area contributed by atoms with E-state index in [1.54, 1.807) is 0 Å². The molecule has 0 N–H and O–H groups in total. The van der Waals surface area contributed by atoms with Crippen LogP contribution in [0, 0.1) is 0 Å². The minimum atomic E-state index is 0.0810. The zero-order chi connectivity index (χ0) is 15.1. The predicted molar refractivity (Wildman–Crippen MR) is 84.7 cm³/mol. The summed E-state index contributed by atoms with van der Waals surface area (Å²) in [7, 11) is 1.95. The fourth-order valence-electron chi connectivity index (χ4n) is 2.26. The first-order valence-corrected chi connectivity index (χ1v) is 7.18. The third-order valence-corrected chi connectivity index (χ3v) is 3.20. The van der Waals surface area contributed by atoms with Gasteiger partial charge in [0.2, 0.25) is 0 Å². The van der Waals surface area contributed by atoms with Crippen molar-refractivity contribution in [3.63, 3.8) is 0 Å². The third-order valence-electron chi connectivity index (χ3n) is 3.20. The molecule has 0 saturated heterocycles. The summed E-state index contributed by atoms with van der Waals surface area (Å²) < 4.78 is 5.52. The summed E-state index contributed by atoms with van der Waals surface area (Å²) in [5.74, 6) is 0.746. The number of Topliss-reactive ketones (excluding diaryl/α,β-unsaturated/α-hetero) is 1. The molecule has 0 spiro atoms. The zero-order valence-corrected chi connectivity index (χ0v) is 12.6. The maximum atomic E-state index is 12.4. The Balaban J connectivity index is 2.01. The predicted octanol–water partition coefficient (Wildman–Crippen LogP) is 3.40. The van der Waals surface area contributed by atoms with E-state index in [-0.39, 0.29) is 5.78 Å². The van der Waals surface area contributed by atoms with E-state index in [0.29, 0.717) is 24.5 Å². The van der Waals surface area contributed by atoms with Crippen molar-refractivity contribution in [1.29, 1.82) is 0 Å². The van der Waals surface area contributed by atoms with Gasteiger partial charge < -0.3 is 4.74 Å². The molecule has 0 amide bonds. The van der Waals surface area contributed by atoms with E-state index in [1.165, 1.54) is 5.56 Å². The van der Waals surface area contributed by atoms with Gasteiger partial charge in [0.15, 0.2) is 5.78 Å². The first kappa shape index (κ1) is 15.3. The van der Waals surface area contributed by atoms with Crippen molar-refractivity contribution in [2.75, 3.05) is 20.2 Å². The van der Waals surface area contributed by atoms with E-state index >= 15 is 0 Å². The summed E-state index contributed by atoms with van der Waals surface area (Å²) in [5, 5.41) is 0. The van der Waals surface area contributed by atoms with Crippen LogP contribution in [0.2, 0.25) is 0 Å². The third kappa shape index (κ3) is 4.43. The van der Waals surface area contributed by atoms with Crippen molar-refractivity contribution in [2.24, 2.45) is 0 Å². The molecule has 0 bridgehead atoms. The van der Waals surface area contributed by atoms with Crippen LogP contribution in [0.15, 0.2) is 54.6 Å². The Kier molecular flexibility index (Phi) is 5.52. The minimum absolute atomic E-state index is 0.0810. The topological polar surface area (TPSA) is 29.5 Å². The molecule has 0 atom stereocenters. The lowest BCUT2D eigenvalue weighted by atomic mass is 10.1. The molecule has 2 rings (SSSR count). The number of benzene rings is 2. The molecule has 0 aliphatic heterocycles. The van der Waals surface area contributed by atoms with E-state index in [0.717, 1.165) is 6.54 Å². The van der Waals surface area contributed by atoms with Gasteiger partial charge in [-0.2, -0.15) is 0 Å². The van der Waals surface area contributed by atoms with Gasteiger partial charge in [0.05, 0.1) is 18.7 Å². The van der Waals surface area contributed by atoms with Crippen molar-refractivity contribution in [2.45, 2.75) is 13.5 Å². The summed E-state index contributed by atoms with van der Waals surface area (Å²) in [5.41, 5.74) is 1.85. The molecule has 0 unspecified atom stereocenters. The Bertz CT molecular complexity index is 581. The van der Waals surface area contributed by atoms with Gasteiger partial charge >= 0.3 is 0 Å². The molecule has 0 saturated carbocycles. The van der Waals surface area contributed by atoms with Gasteiger partial charge in [0.25, 0.3) is 0 Å². The molecule has 0 heterocycles. The number of hydrogen-bond donors (Lipinski definition) is 0. The number of rotatable bonds is 7. The first-order valence-electron chi connectivity index (χ1n) is 7.18. The molecule has 0 fully saturated rings. The maximum Gasteiger partial charge on any atom is 0.180 e. The van der Waals surface area contributed by atoms with Crippen molar-refractivity contribution >= 4 is 5.78 Å². The highest BCUT2D eigenvalue weighted by Crippen LogP contribution is 2.19. The second-order valence-electron chi connectivity index (χ2n) is 5.01. The van der Waals surface area contributed by atoms with Crippen LogP contribution >= 0.6 is 0 Å². The molecule has 0 aromatic heterocycles. The molecular weight excluding hydrogens is 262 g/mol. The highest BCUT2D eigenvalue weighted by molar-refractivity contribution is 6.00. The average molecular weight is 283 g/mol. The number of likely N-dealkylation sites (N-methyl/N-ethyl adjacent to an activating group) is 1. The van der Waals surface area contributed by atoms with E-state index in [9.17, 15) is 4.79 Å². The lowest BCUT2D eigenvalue weighted by molar-refractivity contribution is 0.0939. The highest BCUT2D eigenvalue weighted by atomic mass is 16.5. The van der Waals surface area contributed by atoms with E-state index in [2.05, 4.69) is 12.1 Å². The minimum Gasteiger partial charge on any atom is -0.493 e. The summed E-state index contributed by atoms with van der Waals surface area (Å²) in [4.78, 5) is 14.4. The van der Waals surface area contributed by atoms with Crippen LogP contribution in [-0.2, 0) is 6.54 Å². The lowest BCUT2D eigenvalue weighted by Crippen LogP contribution is -2.26. The van der Waals surface area contributed by atoms with E-state index < -0.39 is 0 Å². The number of ketones is 1. The second-order valence-corrected chi connectivity index (χ2v) is 5.01. The Morgan fingerprint density at radius 1 is 1.05 bits per heavy atom. The zero-order valence-electron chi connectivity index (χ0n) is 12.6. The van der Waals surface area contributed by atoms with Gasteiger partial charge in [-0.15, -0.1) is 0 Å². The van der Waals surface area contributed by atoms with Crippen LogP contribution in [0.25, 0.3) is 0 Å². The van der Waals surface area contributed by atoms with Crippen molar-refractivity contribution in [3.8, 4) is 5.75 Å². The van der Waals surface area contributed by atoms with E-state index in [1.807, 2.05) is 61.3 Å². The van der Waals surface area contributed by atoms with Crippen LogP contribution in [0.5, 0.6) is 5.75 Å².